The zero-order valence-corrected chi connectivity index (χ0v) is 14.2. The lowest BCUT2D eigenvalue weighted by Crippen LogP contribution is -1.92. The zero-order valence-electron chi connectivity index (χ0n) is 14.2. The Morgan fingerprint density at radius 3 is 2.48 bits per heavy atom. The summed E-state index contributed by atoms with van der Waals surface area (Å²) in [5.41, 5.74) is 8.71. The molecule has 0 bridgehead atoms. The molecule has 3 nitrogen and oxygen atoms in total. The third-order valence-corrected chi connectivity index (χ3v) is 4.44. The van der Waals surface area contributed by atoms with Crippen LogP contribution in [-0.4, -0.2) is 6.29 Å². The molecule has 2 N–H and O–H groups in total. The second-order valence-corrected chi connectivity index (χ2v) is 6.23. The van der Waals surface area contributed by atoms with Crippen LogP contribution in [-0.2, 0) is 6.54 Å². The maximum Gasteiger partial charge on any atom is 0.150 e. The van der Waals surface area contributed by atoms with Crippen molar-refractivity contribution < 1.29 is 18.0 Å². The average Bonchev–Trinajstić information content (AvgIpc) is 3.10. The van der Waals surface area contributed by atoms with Crippen molar-refractivity contribution >= 4 is 17.3 Å². The summed E-state index contributed by atoms with van der Waals surface area (Å²) in [7, 11) is 0. The molecule has 4 aromatic rings. The van der Waals surface area contributed by atoms with Gasteiger partial charge in [0, 0.05) is 22.1 Å². The molecule has 3 aromatic carbocycles. The Balaban J connectivity index is 1.99. The van der Waals surface area contributed by atoms with E-state index in [0.29, 0.717) is 39.9 Å². The number of furan rings is 1. The Hall–Kier alpha value is -3.31. The molecule has 0 spiro atoms. The maximum atomic E-state index is 14.5. The number of halogens is 2. The second kappa shape index (κ2) is 6.78. The van der Waals surface area contributed by atoms with Gasteiger partial charge in [0.15, 0.2) is 0 Å². The maximum absolute atomic E-state index is 14.5. The Bertz CT molecular complexity index is 1160. The van der Waals surface area contributed by atoms with Crippen molar-refractivity contribution in [3.8, 4) is 22.3 Å². The summed E-state index contributed by atoms with van der Waals surface area (Å²) in [5.74, 6) is -0.304. The second-order valence-electron chi connectivity index (χ2n) is 6.23. The van der Waals surface area contributed by atoms with E-state index in [1.807, 2.05) is 0 Å². The van der Waals surface area contributed by atoms with E-state index in [1.165, 1.54) is 18.2 Å². The lowest BCUT2D eigenvalue weighted by Gasteiger charge is -2.09. The van der Waals surface area contributed by atoms with Crippen molar-refractivity contribution in [1.82, 2.24) is 0 Å². The number of carbonyl (C=O) groups excluding carboxylic acids is 1. The molecule has 4 rings (SSSR count). The minimum absolute atomic E-state index is 0.217. The third kappa shape index (κ3) is 3.13. The largest absolute Gasteiger partial charge is 0.459 e. The van der Waals surface area contributed by atoms with Crippen molar-refractivity contribution in [2.45, 2.75) is 6.54 Å². The molecule has 0 amide bonds. The Morgan fingerprint density at radius 2 is 1.78 bits per heavy atom. The van der Waals surface area contributed by atoms with E-state index in [4.69, 9.17) is 10.2 Å². The van der Waals surface area contributed by atoms with Gasteiger partial charge >= 0.3 is 0 Å². The van der Waals surface area contributed by atoms with Gasteiger partial charge in [0.1, 0.15) is 29.3 Å². The first-order valence-corrected chi connectivity index (χ1v) is 8.36. The first-order valence-electron chi connectivity index (χ1n) is 8.36. The number of hydrogen-bond acceptors (Lipinski definition) is 3. The average molecular weight is 363 g/mol. The number of rotatable bonds is 4. The summed E-state index contributed by atoms with van der Waals surface area (Å²) in [6.07, 6.45) is 0.595. The fourth-order valence-corrected chi connectivity index (χ4v) is 3.17. The molecule has 0 atom stereocenters. The minimum Gasteiger partial charge on any atom is -0.459 e. The Labute approximate surface area is 154 Å². The predicted molar refractivity (Wildman–Crippen MR) is 100 cm³/mol. The van der Waals surface area contributed by atoms with Crippen LogP contribution in [0.2, 0.25) is 0 Å². The molecular formula is C22H15F2NO2. The van der Waals surface area contributed by atoms with Gasteiger partial charge in [0.25, 0.3) is 0 Å². The lowest BCUT2D eigenvalue weighted by molar-refractivity contribution is 0.112. The van der Waals surface area contributed by atoms with Crippen LogP contribution in [0, 0.1) is 11.6 Å². The van der Waals surface area contributed by atoms with Gasteiger partial charge in [-0.1, -0.05) is 24.3 Å². The highest BCUT2D eigenvalue weighted by Gasteiger charge is 2.15. The minimum atomic E-state index is -0.508. The smallest absolute Gasteiger partial charge is 0.150 e. The summed E-state index contributed by atoms with van der Waals surface area (Å²) in [6.45, 7) is 0.217. The van der Waals surface area contributed by atoms with Crippen LogP contribution in [0.3, 0.4) is 0 Å². The number of hydrogen-bond donors (Lipinski definition) is 1. The number of benzene rings is 3. The first kappa shape index (κ1) is 17.1. The van der Waals surface area contributed by atoms with Gasteiger partial charge in [0.2, 0.25) is 0 Å². The SMILES string of the molecule is NCc1cc2cc(-c3ccc(C=O)cc3F)cc(-c3cccc(F)c3)c2o1. The molecule has 0 fully saturated rings. The topological polar surface area (TPSA) is 56.2 Å². The molecule has 134 valence electrons. The lowest BCUT2D eigenvalue weighted by atomic mass is 9.96. The summed E-state index contributed by atoms with van der Waals surface area (Å²) in [6, 6.07) is 15.8. The summed E-state index contributed by atoms with van der Waals surface area (Å²) >= 11 is 0. The van der Waals surface area contributed by atoms with Crippen LogP contribution in [0.1, 0.15) is 16.1 Å². The van der Waals surface area contributed by atoms with Crippen LogP contribution < -0.4 is 5.73 Å². The number of aldehydes is 1. The molecule has 0 aliphatic heterocycles. The van der Waals surface area contributed by atoms with Gasteiger partial charge in [-0.2, -0.15) is 0 Å². The van der Waals surface area contributed by atoms with Gasteiger partial charge in [0.05, 0.1) is 6.54 Å². The Morgan fingerprint density at radius 1 is 0.926 bits per heavy atom. The molecule has 27 heavy (non-hydrogen) atoms. The standard InChI is InChI=1S/C22H15F2NO2/c23-17-3-1-2-14(8-17)20-10-15(7-16-9-18(11-25)27-22(16)20)19-5-4-13(12-26)6-21(19)24/h1-10,12H,11,25H2. The predicted octanol–water partition coefficient (Wildman–Crippen LogP) is 5.32. The fraction of sp³-hybridized carbons (Fsp3) is 0.0455. The van der Waals surface area contributed by atoms with Crippen molar-refractivity contribution in [2.75, 3.05) is 0 Å². The van der Waals surface area contributed by atoms with Crippen LogP contribution in [0.15, 0.2) is 65.1 Å². The quantitative estimate of drug-likeness (QED) is 0.500. The summed E-state index contributed by atoms with van der Waals surface area (Å²) in [4.78, 5) is 10.9. The van der Waals surface area contributed by atoms with E-state index >= 15 is 0 Å². The monoisotopic (exact) mass is 363 g/mol. The van der Waals surface area contributed by atoms with E-state index in [9.17, 15) is 13.6 Å². The van der Waals surface area contributed by atoms with Crippen LogP contribution in [0.5, 0.6) is 0 Å². The Kier molecular flexibility index (Phi) is 4.30. The van der Waals surface area contributed by atoms with E-state index in [-0.39, 0.29) is 17.9 Å². The summed E-state index contributed by atoms with van der Waals surface area (Å²) in [5, 5.41) is 0.742. The van der Waals surface area contributed by atoms with E-state index in [0.717, 1.165) is 5.39 Å². The normalized spacial score (nSPS) is 11.1. The molecular weight excluding hydrogens is 348 g/mol. The van der Waals surface area contributed by atoms with Crippen molar-refractivity contribution in [1.29, 1.82) is 0 Å². The molecule has 5 heteroatoms. The van der Waals surface area contributed by atoms with Crippen molar-refractivity contribution in [2.24, 2.45) is 5.73 Å². The van der Waals surface area contributed by atoms with Gasteiger partial charge in [-0.25, -0.2) is 8.78 Å². The number of fused-ring (bicyclic) bond motifs is 1. The molecule has 0 aliphatic carbocycles. The first-order chi connectivity index (χ1) is 13.1. The fourth-order valence-electron chi connectivity index (χ4n) is 3.17. The molecule has 0 saturated heterocycles. The number of nitrogens with two attached hydrogens (primary N) is 1. The van der Waals surface area contributed by atoms with Crippen LogP contribution >= 0.6 is 0 Å². The third-order valence-electron chi connectivity index (χ3n) is 4.44. The van der Waals surface area contributed by atoms with Gasteiger partial charge in [-0.3, -0.25) is 4.79 Å². The van der Waals surface area contributed by atoms with Gasteiger partial charge in [-0.05, 0) is 47.5 Å². The van der Waals surface area contributed by atoms with E-state index in [2.05, 4.69) is 0 Å². The van der Waals surface area contributed by atoms with E-state index < -0.39 is 5.82 Å². The molecule has 0 saturated carbocycles. The molecule has 1 heterocycles. The number of carbonyl (C=O) groups is 1. The van der Waals surface area contributed by atoms with E-state index in [1.54, 1.807) is 42.5 Å². The highest BCUT2D eigenvalue weighted by Crippen LogP contribution is 2.37. The van der Waals surface area contributed by atoms with Gasteiger partial charge in [-0.15, -0.1) is 0 Å². The van der Waals surface area contributed by atoms with Crippen molar-refractivity contribution in [3.05, 3.63) is 83.6 Å². The molecule has 0 radical (unpaired) electrons. The highest BCUT2D eigenvalue weighted by atomic mass is 19.1. The zero-order chi connectivity index (χ0) is 19.0. The van der Waals surface area contributed by atoms with Crippen LogP contribution in [0.4, 0.5) is 8.78 Å². The molecule has 0 aliphatic rings. The highest BCUT2D eigenvalue weighted by molar-refractivity contribution is 5.97. The molecule has 0 unspecified atom stereocenters. The van der Waals surface area contributed by atoms with Crippen molar-refractivity contribution in [3.63, 3.8) is 0 Å². The summed E-state index contributed by atoms with van der Waals surface area (Å²) < 4.78 is 34.1. The van der Waals surface area contributed by atoms with Crippen LogP contribution in [0.25, 0.3) is 33.2 Å². The van der Waals surface area contributed by atoms with Gasteiger partial charge < -0.3 is 10.2 Å². The molecule has 1 aromatic heterocycles.